The summed E-state index contributed by atoms with van der Waals surface area (Å²) in [4.78, 5) is 22.3. The van der Waals surface area contributed by atoms with Crippen molar-refractivity contribution in [1.29, 1.82) is 0 Å². The SMILES string of the molecule is O=C(OCc1ccccc1Br)OCc1cccc(-c2ccc([N+](=O)[O-])cc2)c1Br. The molecule has 0 radical (unpaired) electrons. The van der Waals surface area contributed by atoms with Gasteiger partial charge in [-0.1, -0.05) is 52.3 Å². The Morgan fingerprint density at radius 3 is 2.14 bits per heavy atom. The highest BCUT2D eigenvalue weighted by Gasteiger charge is 2.13. The lowest BCUT2D eigenvalue weighted by Crippen LogP contribution is -2.08. The van der Waals surface area contributed by atoms with Crippen molar-refractivity contribution >= 4 is 43.7 Å². The number of hydrogen-bond acceptors (Lipinski definition) is 5. The summed E-state index contributed by atoms with van der Waals surface area (Å²) in [6, 6.07) is 19.2. The lowest BCUT2D eigenvalue weighted by atomic mass is 10.0. The minimum atomic E-state index is -0.770. The van der Waals surface area contributed by atoms with Crippen molar-refractivity contribution < 1.29 is 19.2 Å². The van der Waals surface area contributed by atoms with Crippen LogP contribution < -0.4 is 0 Å². The number of nitrogens with zero attached hydrogens (tertiary/aromatic N) is 1. The molecule has 0 aliphatic heterocycles. The fraction of sp³-hybridized carbons (Fsp3) is 0.0952. The summed E-state index contributed by atoms with van der Waals surface area (Å²) in [5.74, 6) is 0. The number of nitro groups is 1. The molecule has 0 bridgehead atoms. The van der Waals surface area contributed by atoms with E-state index in [-0.39, 0.29) is 18.9 Å². The zero-order valence-corrected chi connectivity index (χ0v) is 18.2. The molecule has 3 rings (SSSR count). The van der Waals surface area contributed by atoms with Crippen LogP contribution in [0.3, 0.4) is 0 Å². The lowest BCUT2D eigenvalue weighted by Gasteiger charge is -2.11. The minimum absolute atomic E-state index is 0.0240. The fourth-order valence-corrected chi connectivity index (χ4v) is 3.61. The maximum atomic E-state index is 11.9. The number of nitro benzene ring substituents is 1. The van der Waals surface area contributed by atoms with E-state index in [1.807, 2.05) is 42.5 Å². The molecule has 29 heavy (non-hydrogen) atoms. The standard InChI is InChI=1S/C21H15Br2NO5/c22-19-7-2-1-4-15(19)12-28-21(25)29-13-16-5-3-6-18(20(16)23)14-8-10-17(11-9-14)24(26)27/h1-11H,12-13H2. The van der Waals surface area contributed by atoms with Gasteiger partial charge in [0, 0.05) is 32.2 Å². The van der Waals surface area contributed by atoms with Crippen LogP contribution in [0.25, 0.3) is 11.1 Å². The van der Waals surface area contributed by atoms with Crippen LogP contribution in [0.4, 0.5) is 10.5 Å². The van der Waals surface area contributed by atoms with Gasteiger partial charge in [-0.3, -0.25) is 10.1 Å². The van der Waals surface area contributed by atoms with Gasteiger partial charge < -0.3 is 9.47 Å². The molecule has 0 aliphatic rings. The Hall–Kier alpha value is -2.71. The summed E-state index contributed by atoms with van der Waals surface area (Å²) in [5, 5.41) is 10.8. The number of ether oxygens (including phenoxy) is 2. The third-order valence-corrected chi connectivity index (χ3v) is 5.83. The van der Waals surface area contributed by atoms with Gasteiger partial charge in [0.2, 0.25) is 0 Å². The minimum Gasteiger partial charge on any atom is -0.429 e. The normalized spacial score (nSPS) is 10.4. The van der Waals surface area contributed by atoms with Crippen LogP contribution in [0.15, 0.2) is 75.7 Å². The molecule has 0 aromatic heterocycles. The molecule has 0 fully saturated rings. The van der Waals surface area contributed by atoms with Gasteiger partial charge in [-0.05, 0) is 45.3 Å². The number of rotatable bonds is 6. The number of carbonyl (C=O) groups is 1. The van der Waals surface area contributed by atoms with Crippen molar-refractivity contribution in [3.05, 3.63) is 96.9 Å². The summed E-state index contributed by atoms with van der Waals surface area (Å²) in [6.45, 7) is 0.125. The average molecular weight is 521 g/mol. The van der Waals surface area contributed by atoms with Gasteiger partial charge >= 0.3 is 6.16 Å². The first-order valence-electron chi connectivity index (χ1n) is 8.51. The summed E-state index contributed by atoms with van der Waals surface area (Å²) in [6.07, 6.45) is -0.770. The molecule has 6 nitrogen and oxygen atoms in total. The average Bonchev–Trinajstić information content (AvgIpc) is 2.72. The molecule has 0 N–H and O–H groups in total. The largest absolute Gasteiger partial charge is 0.508 e. The van der Waals surface area contributed by atoms with Gasteiger partial charge in [-0.25, -0.2) is 4.79 Å². The van der Waals surface area contributed by atoms with Crippen molar-refractivity contribution in [2.75, 3.05) is 0 Å². The van der Waals surface area contributed by atoms with Crippen molar-refractivity contribution in [3.63, 3.8) is 0 Å². The molecule has 0 atom stereocenters. The van der Waals surface area contributed by atoms with E-state index >= 15 is 0 Å². The Labute approximate surface area is 183 Å². The van der Waals surface area contributed by atoms with Gasteiger partial charge in [0.15, 0.2) is 0 Å². The fourth-order valence-electron chi connectivity index (χ4n) is 2.61. The van der Waals surface area contributed by atoms with Gasteiger partial charge in [0.1, 0.15) is 13.2 Å². The van der Waals surface area contributed by atoms with Crippen molar-refractivity contribution in [2.24, 2.45) is 0 Å². The van der Waals surface area contributed by atoms with Crippen molar-refractivity contribution in [3.8, 4) is 11.1 Å². The lowest BCUT2D eigenvalue weighted by molar-refractivity contribution is -0.384. The van der Waals surface area contributed by atoms with E-state index in [9.17, 15) is 14.9 Å². The zero-order valence-electron chi connectivity index (χ0n) is 15.0. The van der Waals surface area contributed by atoms with Gasteiger partial charge in [0.25, 0.3) is 5.69 Å². The van der Waals surface area contributed by atoms with Crippen LogP contribution in [0.2, 0.25) is 0 Å². The quantitative estimate of drug-likeness (QED) is 0.207. The smallest absolute Gasteiger partial charge is 0.429 e. The number of non-ortho nitro benzene ring substituents is 1. The second-order valence-electron chi connectivity index (χ2n) is 6.00. The predicted molar refractivity (Wildman–Crippen MR) is 115 cm³/mol. The van der Waals surface area contributed by atoms with Gasteiger partial charge in [-0.15, -0.1) is 0 Å². The molecule has 0 saturated carbocycles. The highest BCUT2D eigenvalue weighted by atomic mass is 79.9. The van der Waals surface area contributed by atoms with E-state index in [0.29, 0.717) is 0 Å². The summed E-state index contributed by atoms with van der Waals surface area (Å²) >= 11 is 6.93. The monoisotopic (exact) mass is 519 g/mol. The van der Waals surface area contributed by atoms with E-state index in [4.69, 9.17) is 9.47 Å². The van der Waals surface area contributed by atoms with Crippen molar-refractivity contribution in [1.82, 2.24) is 0 Å². The Morgan fingerprint density at radius 2 is 1.48 bits per heavy atom. The Balaban J connectivity index is 1.64. The molecule has 0 amide bonds. The second-order valence-corrected chi connectivity index (χ2v) is 7.65. The van der Waals surface area contributed by atoms with E-state index in [1.165, 1.54) is 12.1 Å². The highest BCUT2D eigenvalue weighted by molar-refractivity contribution is 9.11. The number of benzene rings is 3. The van der Waals surface area contributed by atoms with Crippen molar-refractivity contribution in [2.45, 2.75) is 13.2 Å². The first-order valence-corrected chi connectivity index (χ1v) is 10.1. The predicted octanol–water partition coefficient (Wildman–Crippen LogP) is 6.64. The summed E-state index contributed by atoms with van der Waals surface area (Å²) in [7, 11) is 0. The Morgan fingerprint density at radius 1 is 0.862 bits per heavy atom. The molecule has 0 heterocycles. The third-order valence-electron chi connectivity index (χ3n) is 4.12. The molecular formula is C21H15Br2NO5. The first-order chi connectivity index (χ1) is 14.0. The molecule has 0 unspecified atom stereocenters. The summed E-state index contributed by atoms with van der Waals surface area (Å²) in [5.41, 5.74) is 3.25. The third kappa shape index (κ3) is 5.42. The number of halogens is 2. The molecule has 8 heteroatoms. The molecule has 148 valence electrons. The van der Waals surface area contributed by atoms with E-state index in [1.54, 1.807) is 12.1 Å². The van der Waals surface area contributed by atoms with E-state index in [2.05, 4.69) is 31.9 Å². The molecular weight excluding hydrogens is 506 g/mol. The topological polar surface area (TPSA) is 78.7 Å². The molecule has 3 aromatic rings. The Kier molecular flexibility index (Phi) is 7.00. The Bertz CT molecular complexity index is 1040. The second kappa shape index (κ2) is 9.67. The first kappa shape index (κ1) is 21.0. The van der Waals surface area contributed by atoms with Crippen LogP contribution in [0, 0.1) is 10.1 Å². The van der Waals surface area contributed by atoms with Crippen LogP contribution in [0.1, 0.15) is 11.1 Å². The molecule has 0 spiro atoms. The van der Waals surface area contributed by atoms with Crippen LogP contribution in [0.5, 0.6) is 0 Å². The number of carbonyl (C=O) groups excluding carboxylic acids is 1. The number of hydrogen-bond donors (Lipinski definition) is 0. The summed E-state index contributed by atoms with van der Waals surface area (Å²) < 4.78 is 12.0. The highest BCUT2D eigenvalue weighted by Crippen LogP contribution is 2.32. The maximum absolute atomic E-state index is 11.9. The van der Waals surface area contributed by atoms with Crippen LogP contribution in [-0.2, 0) is 22.7 Å². The molecule has 3 aromatic carbocycles. The van der Waals surface area contributed by atoms with E-state index < -0.39 is 11.1 Å². The van der Waals surface area contributed by atoms with Crippen LogP contribution in [-0.4, -0.2) is 11.1 Å². The van der Waals surface area contributed by atoms with Crippen LogP contribution >= 0.6 is 31.9 Å². The maximum Gasteiger partial charge on any atom is 0.508 e. The molecule has 0 aliphatic carbocycles. The molecule has 0 saturated heterocycles. The van der Waals surface area contributed by atoms with Gasteiger partial charge in [0.05, 0.1) is 4.92 Å². The van der Waals surface area contributed by atoms with Gasteiger partial charge in [-0.2, -0.15) is 0 Å². The van der Waals surface area contributed by atoms with E-state index in [0.717, 1.165) is 31.2 Å². The zero-order chi connectivity index (χ0) is 20.8.